The standard InChI is InChI=1S/C31H28Cl2N4O6S/c1-34-31(39)29(19-22-9-4-2-5-10-22)35(20-26-27(32)13-8-14-28(26)33)30(38)21-36(23-15-17-24(18-16-23)37(40)41)44(42,43)25-11-6-3-7-12-25/h2-18,29H,19-21H2,1H3,(H,34,39). The van der Waals surface area contributed by atoms with Crippen molar-refractivity contribution < 1.29 is 22.9 Å². The molecule has 0 saturated heterocycles. The average Bonchev–Trinajstić information content (AvgIpc) is 3.03. The van der Waals surface area contributed by atoms with Gasteiger partial charge in [-0.2, -0.15) is 0 Å². The zero-order valence-corrected chi connectivity index (χ0v) is 25.8. The SMILES string of the molecule is CNC(=O)C(Cc1ccccc1)N(Cc1c(Cl)cccc1Cl)C(=O)CN(c1ccc([N+](=O)[O-])cc1)S(=O)(=O)c1ccccc1. The monoisotopic (exact) mass is 654 g/mol. The average molecular weight is 656 g/mol. The van der Waals surface area contributed by atoms with Gasteiger partial charge in [0.15, 0.2) is 0 Å². The third-order valence-electron chi connectivity index (χ3n) is 6.87. The minimum absolute atomic E-state index is 0.0167. The molecule has 0 heterocycles. The fraction of sp³-hybridized carbons (Fsp3) is 0.161. The molecule has 1 unspecified atom stereocenters. The normalized spacial score (nSPS) is 11.8. The molecule has 2 amide bonds. The van der Waals surface area contributed by atoms with Crippen molar-refractivity contribution in [3.8, 4) is 0 Å². The predicted octanol–water partition coefficient (Wildman–Crippen LogP) is 5.48. The third-order valence-corrected chi connectivity index (χ3v) is 9.36. The van der Waals surface area contributed by atoms with Crippen LogP contribution in [0.3, 0.4) is 0 Å². The van der Waals surface area contributed by atoms with E-state index in [-0.39, 0.29) is 39.3 Å². The van der Waals surface area contributed by atoms with Gasteiger partial charge in [-0.1, -0.05) is 77.8 Å². The Balaban J connectivity index is 1.82. The van der Waals surface area contributed by atoms with Gasteiger partial charge >= 0.3 is 0 Å². The highest BCUT2D eigenvalue weighted by Gasteiger charge is 2.35. The van der Waals surface area contributed by atoms with Gasteiger partial charge in [-0.05, 0) is 42.0 Å². The highest BCUT2D eigenvalue weighted by molar-refractivity contribution is 7.92. The number of nitro groups is 1. The summed E-state index contributed by atoms with van der Waals surface area (Å²) in [6, 6.07) is 25.1. The number of carbonyl (C=O) groups excluding carboxylic acids is 2. The van der Waals surface area contributed by atoms with Crippen LogP contribution >= 0.6 is 23.2 Å². The van der Waals surface area contributed by atoms with Crippen molar-refractivity contribution in [2.24, 2.45) is 0 Å². The first-order valence-electron chi connectivity index (χ1n) is 13.3. The van der Waals surface area contributed by atoms with Crippen molar-refractivity contribution >= 4 is 56.4 Å². The van der Waals surface area contributed by atoms with E-state index >= 15 is 0 Å². The fourth-order valence-electron chi connectivity index (χ4n) is 4.56. The molecule has 4 aromatic rings. The molecule has 0 aliphatic rings. The number of benzene rings is 4. The molecule has 4 aromatic carbocycles. The van der Waals surface area contributed by atoms with Gasteiger partial charge in [0, 0.05) is 47.8 Å². The molecule has 0 saturated carbocycles. The number of nitrogens with one attached hydrogen (secondary N) is 1. The Bertz CT molecular complexity index is 1720. The van der Waals surface area contributed by atoms with Crippen LogP contribution < -0.4 is 9.62 Å². The van der Waals surface area contributed by atoms with Crippen LogP contribution in [0.25, 0.3) is 0 Å². The number of rotatable bonds is 12. The zero-order valence-electron chi connectivity index (χ0n) is 23.5. The van der Waals surface area contributed by atoms with Crippen LogP contribution in [-0.2, 0) is 32.6 Å². The molecular formula is C31H28Cl2N4O6S. The summed E-state index contributed by atoms with van der Waals surface area (Å²) in [5, 5.41) is 14.4. The molecule has 44 heavy (non-hydrogen) atoms. The first-order chi connectivity index (χ1) is 21.0. The minimum atomic E-state index is -4.35. The first-order valence-corrected chi connectivity index (χ1v) is 15.5. The second kappa shape index (κ2) is 14.3. The van der Waals surface area contributed by atoms with Crippen LogP contribution in [0.4, 0.5) is 11.4 Å². The molecular weight excluding hydrogens is 627 g/mol. The number of non-ortho nitro benzene ring substituents is 1. The Morgan fingerprint density at radius 1 is 0.864 bits per heavy atom. The van der Waals surface area contributed by atoms with Gasteiger partial charge in [-0.15, -0.1) is 0 Å². The lowest BCUT2D eigenvalue weighted by Crippen LogP contribution is -2.53. The number of nitro benzene ring substituents is 1. The lowest BCUT2D eigenvalue weighted by molar-refractivity contribution is -0.384. The van der Waals surface area contributed by atoms with E-state index in [1.54, 1.807) is 36.4 Å². The zero-order chi connectivity index (χ0) is 31.9. The molecule has 0 aliphatic carbocycles. The van der Waals surface area contributed by atoms with Gasteiger partial charge in [0.1, 0.15) is 12.6 Å². The van der Waals surface area contributed by atoms with Crippen molar-refractivity contribution in [2.45, 2.75) is 23.9 Å². The van der Waals surface area contributed by atoms with E-state index in [1.165, 1.54) is 48.3 Å². The van der Waals surface area contributed by atoms with Crippen molar-refractivity contribution in [1.82, 2.24) is 10.2 Å². The molecule has 0 fully saturated rings. The molecule has 10 nitrogen and oxygen atoms in total. The molecule has 13 heteroatoms. The second-order valence-electron chi connectivity index (χ2n) is 9.64. The Morgan fingerprint density at radius 3 is 1.98 bits per heavy atom. The number of halogens is 2. The van der Waals surface area contributed by atoms with Crippen molar-refractivity contribution in [2.75, 3.05) is 17.9 Å². The number of carbonyl (C=O) groups is 2. The van der Waals surface area contributed by atoms with Crippen LogP contribution in [0.1, 0.15) is 11.1 Å². The number of likely N-dealkylation sites (N-methyl/N-ethyl adjacent to an activating group) is 1. The molecule has 0 aromatic heterocycles. The van der Waals surface area contributed by atoms with Crippen LogP contribution in [0.5, 0.6) is 0 Å². The molecule has 4 rings (SSSR count). The first kappa shape index (κ1) is 32.5. The summed E-state index contributed by atoms with van der Waals surface area (Å²) < 4.78 is 28.7. The van der Waals surface area contributed by atoms with E-state index in [4.69, 9.17) is 23.2 Å². The molecule has 0 spiro atoms. The number of nitrogens with zero attached hydrogens (tertiary/aromatic N) is 3. The minimum Gasteiger partial charge on any atom is -0.357 e. The lowest BCUT2D eigenvalue weighted by atomic mass is 10.0. The Morgan fingerprint density at radius 2 is 1.43 bits per heavy atom. The molecule has 1 N–H and O–H groups in total. The summed E-state index contributed by atoms with van der Waals surface area (Å²) in [5.74, 6) is -1.22. The van der Waals surface area contributed by atoms with Crippen LogP contribution in [0.15, 0.2) is 108 Å². The van der Waals surface area contributed by atoms with Gasteiger partial charge in [0.2, 0.25) is 11.8 Å². The number of hydrogen-bond acceptors (Lipinski definition) is 6. The van der Waals surface area contributed by atoms with E-state index in [1.807, 2.05) is 18.2 Å². The molecule has 1 atom stereocenters. The molecule has 0 bridgehead atoms. The van der Waals surface area contributed by atoms with Crippen molar-refractivity contribution in [3.63, 3.8) is 0 Å². The third kappa shape index (κ3) is 7.54. The summed E-state index contributed by atoms with van der Waals surface area (Å²) in [7, 11) is -2.91. The highest BCUT2D eigenvalue weighted by atomic mass is 35.5. The smallest absolute Gasteiger partial charge is 0.269 e. The molecule has 0 aliphatic heterocycles. The van der Waals surface area contributed by atoms with E-state index in [2.05, 4.69) is 5.32 Å². The maximum absolute atomic E-state index is 14.3. The van der Waals surface area contributed by atoms with E-state index < -0.39 is 39.3 Å². The maximum Gasteiger partial charge on any atom is 0.269 e. The van der Waals surface area contributed by atoms with Gasteiger partial charge < -0.3 is 10.2 Å². The summed E-state index contributed by atoms with van der Waals surface area (Å²) in [6.45, 7) is -0.943. The highest BCUT2D eigenvalue weighted by Crippen LogP contribution is 2.29. The second-order valence-corrected chi connectivity index (χ2v) is 12.3. The predicted molar refractivity (Wildman–Crippen MR) is 169 cm³/mol. The van der Waals surface area contributed by atoms with Gasteiger partial charge in [-0.3, -0.25) is 24.0 Å². The number of anilines is 1. The van der Waals surface area contributed by atoms with Crippen LogP contribution in [0, 0.1) is 10.1 Å². The maximum atomic E-state index is 14.3. The topological polar surface area (TPSA) is 130 Å². The van der Waals surface area contributed by atoms with E-state index in [0.717, 1.165) is 22.0 Å². The largest absolute Gasteiger partial charge is 0.357 e. The summed E-state index contributed by atoms with van der Waals surface area (Å²) in [4.78, 5) is 39.4. The number of sulfonamides is 1. The van der Waals surface area contributed by atoms with Crippen molar-refractivity contribution in [1.29, 1.82) is 0 Å². The van der Waals surface area contributed by atoms with E-state index in [9.17, 15) is 28.1 Å². The van der Waals surface area contributed by atoms with E-state index in [0.29, 0.717) is 5.56 Å². The van der Waals surface area contributed by atoms with Crippen LogP contribution in [0.2, 0.25) is 10.0 Å². The summed E-state index contributed by atoms with van der Waals surface area (Å²) in [6.07, 6.45) is 0.108. The Labute approximate surface area is 265 Å². The number of hydrogen-bond donors (Lipinski definition) is 1. The van der Waals surface area contributed by atoms with Gasteiger partial charge in [0.25, 0.3) is 15.7 Å². The van der Waals surface area contributed by atoms with Crippen molar-refractivity contribution in [3.05, 3.63) is 134 Å². The Kier molecular flexibility index (Phi) is 10.6. The molecule has 228 valence electrons. The number of amides is 2. The lowest BCUT2D eigenvalue weighted by Gasteiger charge is -2.34. The summed E-state index contributed by atoms with van der Waals surface area (Å²) in [5.41, 5.74) is 0.894. The molecule has 0 radical (unpaired) electrons. The van der Waals surface area contributed by atoms with Crippen LogP contribution in [-0.4, -0.2) is 49.7 Å². The van der Waals surface area contributed by atoms with Gasteiger partial charge in [0.05, 0.1) is 15.5 Å². The quantitative estimate of drug-likeness (QED) is 0.159. The summed E-state index contributed by atoms with van der Waals surface area (Å²) >= 11 is 12.9. The Hall–Kier alpha value is -4.45. The van der Waals surface area contributed by atoms with Gasteiger partial charge in [-0.25, -0.2) is 8.42 Å². The fourth-order valence-corrected chi connectivity index (χ4v) is 6.52.